The monoisotopic (exact) mass is 389 g/mol. The molecule has 1 amide bonds. The maximum absolute atomic E-state index is 11.6. The van der Waals surface area contributed by atoms with Crippen molar-refractivity contribution in [3.05, 3.63) is 48.0 Å². The molecule has 0 saturated heterocycles. The van der Waals surface area contributed by atoms with Gasteiger partial charge >= 0.3 is 0 Å². The van der Waals surface area contributed by atoms with Gasteiger partial charge < -0.3 is 18.9 Å². The normalized spacial score (nSPS) is 11.5. The Balaban J connectivity index is 1.95. The van der Waals surface area contributed by atoms with Crippen molar-refractivity contribution in [2.45, 2.75) is 26.3 Å². The van der Waals surface area contributed by atoms with Gasteiger partial charge in [0, 0.05) is 19.4 Å². The highest BCUT2D eigenvalue weighted by Crippen LogP contribution is 2.24. The Bertz CT molecular complexity index is 762. The minimum atomic E-state index is -0.550. The molecule has 0 bridgehead atoms. The number of aryl methyl sites for hydroxylation is 1. The van der Waals surface area contributed by atoms with Crippen LogP contribution in [-0.4, -0.2) is 49.7 Å². The second-order valence-electron chi connectivity index (χ2n) is 6.27. The van der Waals surface area contributed by atoms with Crippen LogP contribution in [0.25, 0.3) is 0 Å². The molecule has 0 fully saturated rings. The molecule has 0 radical (unpaired) electrons. The predicted molar refractivity (Wildman–Crippen MR) is 104 cm³/mol. The second kappa shape index (κ2) is 10.4. The average Bonchev–Trinajstić information content (AvgIpc) is 2.71. The van der Waals surface area contributed by atoms with E-state index in [1.807, 2.05) is 19.1 Å². The van der Waals surface area contributed by atoms with Gasteiger partial charge in [0.05, 0.1) is 26.9 Å². The number of methoxy groups -OCH3 is 2. The summed E-state index contributed by atoms with van der Waals surface area (Å²) in [5.74, 6) is 2.28. The van der Waals surface area contributed by atoms with Crippen LogP contribution < -0.4 is 18.9 Å². The number of amides is 1. The highest BCUT2D eigenvalue weighted by atomic mass is 16.5. The molecule has 0 spiro atoms. The molecule has 7 nitrogen and oxygen atoms in total. The quantitative estimate of drug-likeness (QED) is 0.495. The summed E-state index contributed by atoms with van der Waals surface area (Å²) in [6.07, 6.45) is 0.392. The largest absolute Gasteiger partial charge is 0.497 e. The molecule has 1 N–H and O–H groups in total. The number of nitrogens with zero attached hydrogens (tertiary/aromatic N) is 1. The summed E-state index contributed by atoms with van der Waals surface area (Å²) in [5, 5.41) is 10.8. The van der Waals surface area contributed by atoms with Gasteiger partial charge in [0.15, 0.2) is 0 Å². The molecule has 1 atom stereocenters. The van der Waals surface area contributed by atoms with E-state index >= 15 is 0 Å². The van der Waals surface area contributed by atoms with Gasteiger partial charge in [-0.3, -0.25) is 10.0 Å². The Morgan fingerprint density at radius 1 is 1.00 bits per heavy atom. The smallest absolute Gasteiger partial charge is 0.243 e. The molecular weight excluding hydrogens is 362 g/mol. The fourth-order valence-electron chi connectivity index (χ4n) is 2.57. The molecule has 152 valence electrons. The van der Waals surface area contributed by atoms with E-state index in [9.17, 15) is 10.0 Å². The standard InChI is InChI=1S/C21H27NO6/c1-15-5-6-20(26-4)13-21(15)27-12-11-17(22(24)16(2)23)14-28-19-9-7-18(25-3)8-10-19/h5-10,13,17,24H,11-12,14H2,1-4H3. The zero-order valence-electron chi connectivity index (χ0n) is 16.7. The zero-order chi connectivity index (χ0) is 20.5. The molecular formula is C21H27NO6. The summed E-state index contributed by atoms with van der Waals surface area (Å²) in [6.45, 7) is 3.66. The molecule has 1 unspecified atom stereocenters. The molecule has 0 aliphatic carbocycles. The fraction of sp³-hybridized carbons (Fsp3) is 0.381. The van der Waals surface area contributed by atoms with E-state index in [1.54, 1.807) is 44.6 Å². The maximum Gasteiger partial charge on any atom is 0.243 e. The Morgan fingerprint density at radius 2 is 1.61 bits per heavy atom. The molecule has 28 heavy (non-hydrogen) atoms. The number of carbonyl (C=O) groups is 1. The van der Waals surface area contributed by atoms with Crippen LogP contribution in [0.15, 0.2) is 42.5 Å². The van der Waals surface area contributed by atoms with Gasteiger partial charge in [-0.1, -0.05) is 6.07 Å². The number of rotatable bonds is 10. The number of benzene rings is 2. The Labute approximate surface area is 165 Å². The van der Waals surface area contributed by atoms with Crippen LogP contribution in [-0.2, 0) is 4.79 Å². The molecule has 0 heterocycles. The molecule has 2 aromatic carbocycles. The summed E-state index contributed by atoms with van der Waals surface area (Å²) in [5.41, 5.74) is 0.972. The number of hydrogen-bond donors (Lipinski definition) is 1. The van der Waals surface area contributed by atoms with Crippen LogP contribution in [0.5, 0.6) is 23.0 Å². The first kappa shape index (κ1) is 21.4. The van der Waals surface area contributed by atoms with Crippen LogP contribution >= 0.6 is 0 Å². The third-order valence-corrected chi connectivity index (χ3v) is 4.27. The van der Waals surface area contributed by atoms with E-state index in [0.29, 0.717) is 35.3 Å². The van der Waals surface area contributed by atoms with Gasteiger partial charge in [-0.25, -0.2) is 5.06 Å². The topological polar surface area (TPSA) is 77.5 Å². The van der Waals surface area contributed by atoms with Gasteiger partial charge in [0.25, 0.3) is 0 Å². The average molecular weight is 389 g/mol. The van der Waals surface area contributed by atoms with E-state index in [2.05, 4.69) is 0 Å². The van der Waals surface area contributed by atoms with Crippen LogP contribution in [0.2, 0.25) is 0 Å². The van der Waals surface area contributed by atoms with E-state index < -0.39 is 11.9 Å². The fourth-order valence-corrected chi connectivity index (χ4v) is 2.57. The van der Waals surface area contributed by atoms with Gasteiger partial charge in [-0.15, -0.1) is 0 Å². The highest BCUT2D eigenvalue weighted by Gasteiger charge is 2.21. The Hall–Kier alpha value is -2.93. The first-order valence-corrected chi connectivity index (χ1v) is 8.97. The first-order chi connectivity index (χ1) is 13.4. The summed E-state index contributed by atoms with van der Waals surface area (Å²) in [7, 11) is 3.18. The van der Waals surface area contributed by atoms with Crippen LogP contribution in [0, 0.1) is 6.92 Å². The van der Waals surface area contributed by atoms with E-state index in [1.165, 1.54) is 6.92 Å². The van der Waals surface area contributed by atoms with Crippen molar-refractivity contribution in [2.75, 3.05) is 27.4 Å². The molecule has 0 aliphatic heterocycles. The van der Waals surface area contributed by atoms with E-state index in [-0.39, 0.29) is 6.61 Å². The molecule has 0 aromatic heterocycles. The Morgan fingerprint density at radius 3 is 2.21 bits per heavy atom. The number of hydrogen-bond acceptors (Lipinski definition) is 6. The summed E-state index contributed by atoms with van der Waals surface area (Å²) < 4.78 is 21.9. The summed E-state index contributed by atoms with van der Waals surface area (Å²) >= 11 is 0. The van der Waals surface area contributed by atoms with E-state index in [4.69, 9.17) is 18.9 Å². The lowest BCUT2D eigenvalue weighted by atomic mass is 10.2. The van der Waals surface area contributed by atoms with E-state index in [0.717, 1.165) is 11.3 Å². The van der Waals surface area contributed by atoms with Gasteiger partial charge in [-0.2, -0.15) is 0 Å². The SMILES string of the molecule is COc1ccc(OCC(CCOc2cc(OC)ccc2C)N(O)C(C)=O)cc1. The minimum Gasteiger partial charge on any atom is -0.497 e. The van der Waals surface area contributed by atoms with Crippen molar-refractivity contribution in [2.24, 2.45) is 0 Å². The lowest BCUT2D eigenvalue weighted by Crippen LogP contribution is -2.41. The zero-order valence-corrected chi connectivity index (χ0v) is 16.7. The molecule has 7 heteroatoms. The van der Waals surface area contributed by atoms with Crippen molar-refractivity contribution in [1.29, 1.82) is 0 Å². The number of carbonyl (C=O) groups excluding carboxylic acids is 1. The highest BCUT2D eigenvalue weighted by molar-refractivity contribution is 5.72. The maximum atomic E-state index is 11.6. The molecule has 0 saturated carbocycles. The summed E-state index contributed by atoms with van der Waals surface area (Å²) in [4.78, 5) is 11.6. The second-order valence-corrected chi connectivity index (χ2v) is 6.27. The van der Waals surface area contributed by atoms with Crippen molar-refractivity contribution in [3.8, 4) is 23.0 Å². The molecule has 2 aromatic rings. The minimum absolute atomic E-state index is 0.128. The number of hydroxylamine groups is 2. The lowest BCUT2D eigenvalue weighted by molar-refractivity contribution is -0.177. The summed E-state index contributed by atoms with van der Waals surface area (Å²) in [6, 6.07) is 12.1. The Kier molecular flexibility index (Phi) is 7.95. The van der Waals surface area contributed by atoms with Gasteiger partial charge in [0.2, 0.25) is 5.91 Å². The van der Waals surface area contributed by atoms with Crippen LogP contribution in [0.3, 0.4) is 0 Å². The lowest BCUT2D eigenvalue weighted by Gasteiger charge is -2.25. The van der Waals surface area contributed by atoms with Crippen molar-refractivity contribution >= 4 is 5.91 Å². The van der Waals surface area contributed by atoms with Crippen molar-refractivity contribution in [1.82, 2.24) is 5.06 Å². The molecule has 0 aliphatic rings. The van der Waals surface area contributed by atoms with Crippen molar-refractivity contribution in [3.63, 3.8) is 0 Å². The molecule has 2 rings (SSSR count). The van der Waals surface area contributed by atoms with Crippen LogP contribution in [0.4, 0.5) is 0 Å². The predicted octanol–water partition coefficient (Wildman–Crippen LogP) is 3.47. The van der Waals surface area contributed by atoms with Crippen molar-refractivity contribution < 1.29 is 28.9 Å². The third kappa shape index (κ3) is 6.06. The van der Waals surface area contributed by atoms with Gasteiger partial charge in [0.1, 0.15) is 29.6 Å². The number of ether oxygens (including phenoxy) is 4. The van der Waals surface area contributed by atoms with Gasteiger partial charge in [-0.05, 0) is 42.8 Å². The third-order valence-electron chi connectivity index (χ3n) is 4.27. The first-order valence-electron chi connectivity index (χ1n) is 8.97. The van der Waals surface area contributed by atoms with Crippen LogP contribution in [0.1, 0.15) is 18.9 Å².